The quantitative estimate of drug-likeness (QED) is 0.648. The van der Waals surface area contributed by atoms with Gasteiger partial charge in [-0.05, 0) is 26.7 Å². The molecule has 1 aliphatic rings. The largest absolute Gasteiger partial charge is 0.477 e. The fourth-order valence-electron chi connectivity index (χ4n) is 2.31. The summed E-state index contributed by atoms with van der Waals surface area (Å²) in [6.07, 6.45) is 2.42. The number of rotatable bonds is 4. The Morgan fingerprint density at radius 1 is 1.45 bits per heavy atom. The summed E-state index contributed by atoms with van der Waals surface area (Å²) in [6, 6.07) is -0.879. The number of urea groups is 1. The van der Waals surface area contributed by atoms with Crippen LogP contribution in [0.1, 0.15) is 37.2 Å². The first kappa shape index (κ1) is 15.8. The van der Waals surface area contributed by atoms with Crippen LogP contribution >= 0.6 is 0 Å². The molecule has 0 bridgehead atoms. The van der Waals surface area contributed by atoms with Crippen molar-refractivity contribution in [1.82, 2.24) is 20.2 Å². The zero-order chi connectivity index (χ0) is 16.3. The highest BCUT2D eigenvalue weighted by Gasteiger charge is 2.34. The van der Waals surface area contributed by atoms with Crippen LogP contribution in [-0.2, 0) is 4.79 Å². The van der Waals surface area contributed by atoms with E-state index in [4.69, 9.17) is 5.11 Å². The normalized spacial score (nSPS) is 17.6. The Balaban J connectivity index is 2.01. The standard InChI is InChI=1S/C13H19N5O4/c1-7(2)15-13(22)18-5-3-4-9(18)10(19)17-12-14-6-8(16-12)11(20)21/h6-7,9H,3-5H2,1-2H3,(H,15,22)(H,20,21)(H2,14,16,17,19)/t9-/m0/s1. The minimum absolute atomic E-state index is 0.0139. The van der Waals surface area contributed by atoms with E-state index >= 15 is 0 Å². The average molecular weight is 309 g/mol. The SMILES string of the molecule is CC(C)NC(=O)N1CCC[C@H]1C(=O)Nc1ncc(C(=O)O)[nH]1. The van der Waals surface area contributed by atoms with E-state index in [9.17, 15) is 14.4 Å². The maximum atomic E-state index is 12.3. The molecule has 22 heavy (non-hydrogen) atoms. The zero-order valence-electron chi connectivity index (χ0n) is 12.4. The lowest BCUT2D eigenvalue weighted by Gasteiger charge is -2.24. The van der Waals surface area contributed by atoms with Crippen molar-refractivity contribution in [3.63, 3.8) is 0 Å². The number of aromatic amines is 1. The molecule has 2 heterocycles. The summed E-state index contributed by atoms with van der Waals surface area (Å²) in [5.41, 5.74) is -0.115. The topological polar surface area (TPSA) is 127 Å². The summed E-state index contributed by atoms with van der Waals surface area (Å²) >= 11 is 0. The molecule has 1 fully saturated rings. The Kier molecular flexibility index (Phi) is 4.64. The summed E-state index contributed by atoms with van der Waals surface area (Å²) in [5, 5.41) is 14.1. The first-order valence-corrected chi connectivity index (χ1v) is 7.04. The van der Waals surface area contributed by atoms with E-state index in [-0.39, 0.29) is 29.6 Å². The van der Waals surface area contributed by atoms with Crippen molar-refractivity contribution in [3.8, 4) is 0 Å². The van der Waals surface area contributed by atoms with Crippen molar-refractivity contribution in [2.75, 3.05) is 11.9 Å². The maximum absolute atomic E-state index is 12.3. The predicted molar refractivity (Wildman–Crippen MR) is 77.6 cm³/mol. The molecule has 0 aromatic carbocycles. The van der Waals surface area contributed by atoms with Gasteiger partial charge in [0.25, 0.3) is 0 Å². The highest BCUT2D eigenvalue weighted by atomic mass is 16.4. The van der Waals surface area contributed by atoms with Gasteiger partial charge in [0.2, 0.25) is 11.9 Å². The Morgan fingerprint density at radius 3 is 2.77 bits per heavy atom. The average Bonchev–Trinajstić information content (AvgIpc) is 3.06. The predicted octanol–water partition coefficient (Wildman–Crippen LogP) is 0.629. The molecule has 1 saturated heterocycles. The summed E-state index contributed by atoms with van der Waals surface area (Å²) < 4.78 is 0. The van der Waals surface area contributed by atoms with Crippen molar-refractivity contribution in [3.05, 3.63) is 11.9 Å². The number of carboxylic acid groups (broad SMARTS) is 1. The third-order valence-electron chi connectivity index (χ3n) is 3.28. The fraction of sp³-hybridized carbons (Fsp3) is 0.538. The number of carbonyl (C=O) groups excluding carboxylic acids is 2. The van der Waals surface area contributed by atoms with Gasteiger partial charge >= 0.3 is 12.0 Å². The van der Waals surface area contributed by atoms with E-state index in [0.29, 0.717) is 13.0 Å². The van der Waals surface area contributed by atoms with Gasteiger partial charge in [-0.3, -0.25) is 10.1 Å². The number of anilines is 1. The first-order valence-electron chi connectivity index (χ1n) is 7.04. The van der Waals surface area contributed by atoms with Crippen molar-refractivity contribution in [2.24, 2.45) is 0 Å². The number of likely N-dealkylation sites (tertiary alicyclic amines) is 1. The van der Waals surface area contributed by atoms with Gasteiger partial charge in [-0.15, -0.1) is 0 Å². The molecule has 3 amide bonds. The molecule has 1 aromatic heterocycles. The van der Waals surface area contributed by atoms with Crippen LogP contribution in [0.5, 0.6) is 0 Å². The number of hydrogen-bond donors (Lipinski definition) is 4. The van der Waals surface area contributed by atoms with Crippen LogP contribution in [0.15, 0.2) is 6.20 Å². The van der Waals surface area contributed by atoms with Crippen LogP contribution in [0.4, 0.5) is 10.7 Å². The van der Waals surface area contributed by atoms with Gasteiger partial charge in [0, 0.05) is 12.6 Å². The Hall–Kier alpha value is -2.58. The van der Waals surface area contributed by atoms with E-state index in [0.717, 1.165) is 12.6 Å². The molecule has 0 aliphatic carbocycles. The van der Waals surface area contributed by atoms with Gasteiger partial charge in [-0.25, -0.2) is 14.6 Å². The second-order valence-corrected chi connectivity index (χ2v) is 5.40. The monoisotopic (exact) mass is 309 g/mol. The lowest BCUT2D eigenvalue weighted by atomic mass is 10.2. The molecular formula is C13H19N5O4. The highest BCUT2D eigenvalue weighted by Crippen LogP contribution is 2.19. The molecule has 4 N–H and O–H groups in total. The van der Waals surface area contributed by atoms with Crippen LogP contribution in [-0.4, -0.2) is 56.5 Å². The number of amides is 3. The molecule has 9 nitrogen and oxygen atoms in total. The summed E-state index contributed by atoms with van der Waals surface area (Å²) in [7, 11) is 0. The Labute approximate surface area is 127 Å². The molecule has 0 radical (unpaired) electrons. The molecule has 9 heteroatoms. The number of hydrogen-bond acceptors (Lipinski definition) is 4. The summed E-state index contributed by atoms with van der Waals surface area (Å²) in [4.78, 5) is 42.8. The van der Waals surface area contributed by atoms with Gasteiger partial charge < -0.3 is 20.3 Å². The first-order chi connectivity index (χ1) is 10.4. The number of imidazole rings is 1. The van der Waals surface area contributed by atoms with Crippen molar-refractivity contribution < 1.29 is 19.5 Å². The van der Waals surface area contributed by atoms with Crippen LogP contribution in [0.2, 0.25) is 0 Å². The van der Waals surface area contributed by atoms with Crippen LogP contribution in [0.3, 0.4) is 0 Å². The number of nitrogens with one attached hydrogen (secondary N) is 3. The number of carboxylic acids is 1. The third-order valence-corrected chi connectivity index (χ3v) is 3.28. The van der Waals surface area contributed by atoms with Gasteiger partial charge in [0.05, 0.1) is 6.20 Å². The van der Waals surface area contributed by atoms with E-state index in [2.05, 4.69) is 20.6 Å². The number of carbonyl (C=O) groups is 3. The number of aromatic carboxylic acids is 1. The fourth-order valence-corrected chi connectivity index (χ4v) is 2.31. The lowest BCUT2D eigenvalue weighted by molar-refractivity contribution is -0.119. The number of nitrogens with zero attached hydrogens (tertiary/aromatic N) is 2. The van der Waals surface area contributed by atoms with E-state index in [1.54, 1.807) is 0 Å². The summed E-state index contributed by atoms with van der Waals surface area (Å²) in [5.74, 6) is -1.49. The van der Waals surface area contributed by atoms with Gasteiger partial charge in [0.15, 0.2) is 0 Å². The molecular weight excluding hydrogens is 290 g/mol. The van der Waals surface area contributed by atoms with Gasteiger partial charge in [-0.2, -0.15) is 0 Å². The second-order valence-electron chi connectivity index (χ2n) is 5.40. The molecule has 1 atom stereocenters. The number of aromatic nitrogens is 2. The Morgan fingerprint density at radius 2 is 2.18 bits per heavy atom. The summed E-state index contributed by atoms with van der Waals surface area (Å²) in [6.45, 7) is 4.20. The smallest absolute Gasteiger partial charge is 0.354 e. The minimum Gasteiger partial charge on any atom is -0.477 e. The highest BCUT2D eigenvalue weighted by molar-refractivity contribution is 5.96. The molecule has 0 spiro atoms. The number of H-pyrrole nitrogens is 1. The van der Waals surface area contributed by atoms with Crippen molar-refractivity contribution in [2.45, 2.75) is 38.8 Å². The molecule has 0 unspecified atom stereocenters. The molecule has 120 valence electrons. The van der Waals surface area contributed by atoms with Crippen LogP contribution in [0, 0.1) is 0 Å². The van der Waals surface area contributed by atoms with E-state index < -0.39 is 12.0 Å². The third kappa shape index (κ3) is 3.54. The van der Waals surface area contributed by atoms with E-state index in [1.165, 1.54) is 4.90 Å². The molecule has 1 aromatic rings. The minimum atomic E-state index is -1.16. The zero-order valence-corrected chi connectivity index (χ0v) is 12.4. The van der Waals surface area contributed by atoms with Gasteiger partial charge in [0.1, 0.15) is 11.7 Å². The van der Waals surface area contributed by atoms with Gasteiger partial charge in [-0.1, -0.05) is 0 Å². The van der Waals surface area contributed by atoms with E-state index in [1.807, 2.05) is 13.8 Å². The lowest BCUT2D eigenvalue weighted by Crippen LogP contribution is -2.49. The maximum Gasteiger partial charge on any atom is 0.354 e. The molecule has 2 rings (SSSR count). The van der Waals surface area contributed by atoms with Crippen LogP contribution in [0.25, 0.3) is 0 Å². The molecule has 1 aliphatic heterocycles. The Bertz CT molecular complexity index is 583. The van der Waals surface area contributed by atoms with Crippen molar-refractivity contribution >= 4 is 23.9 Å². The van der Waals surface area contributed by atoms with Crippen molar-refractivity contribution in [1.29, 1.82) is 0 Å². The van der Waals surface area contributed by atoms with Crippen LogP contribution < -0.4 is 10.6 Å². The molecule has 0 saturated carbocycles. The second kappa shape index (κ2) is 6.46.